The summed E-state index contributed by atoms with van der Waals surface area (Å²) < 4.78 is 0. The van der Waals surface area contributed by atoms with Crippen LogP contribution in [0, 0.1) is 0 Å². The van der Waals surface area contributed by atoms with Crippen molar-refractivity contribution >= 4 is 63.4 Å². The highest BCUT2D eigenvalue weighted by Gasteiger charge is 2.31. The van der Waals surface area contributed by atoms with Gasteiger partial charge in [-0.1, -0.05) is 23.2 Å². The summed E-state index contributed by atoms with van der Waals surface area (Å²) in [5.74, 6) is 0.528. The zero-order valence-corrected chi connectivity index (χ0v) is 12.6. The van der Waals surface area contributed by atoms with E-state index >= 15 is 0 Å². The Morgan fingerprint density at radius 3 is 2.58 bits per heavy atom. The minimum absolute atomic E-state index is 0.325. The highest BCUT2D eigenvalue weighted by molar-refractivity contribution is 8.18. The molecule has 0 atom stereocenters. The Bertz CT molecular complexity index is 643. The zero-order chi connectivity index (χ0) is 13.6. The molecule has 2 heterocycles. The van der Waals surface area contributed by atoms with E-state index in [2.05, 4.69) is 5.32 Å². The van der Waals surface area contributed by atoms with Gasteiger partial charge < -0.3 is 0 Å². The second kappa shape index (κ2) is 5.05. The first-order chi connectivity index (χ1) is 9.06. The number of carbonyl (C=O) groups excluding carboxylic acids is 2. The maximum Gasteiger partial charge on any atom is 0.290 e. The number of hydrogen-bond acceptors (Lipinski definition) is 4. The second-order valence-electron chi connectivity index (χ2n) is 4.01. The predicted octanol–water partition coefficient (Wildman–Crippen LogP) is 4.18. The molecule has 0 radical (unpaired) electrons. The van der Waals surface area contributed by atoms with Gasteiger partial charge in [-0.15, -0.1) is 11.8 Å². The summed E-state index contributed by atoms with van der Waals surface area (Å²) in [6, 6.07) is 3.58. The zero-order valence-electron chi connectivity index (χ0n) is 9.46. The molecule has 1 aromatic rings. The number of benzene rings is 1. The number of halogens is 2. The first-order valence-corrected chi connectivity index (χ1v) is 8.00. The summed E-state index contributed by atoms with van der Waals surface area (Å²) in [5, 5.41) is 2.91. The van der Waals surface area contributed by atoms with Crippen molar-refractivity contribution in [1.82, 2.24) is 5.32 Å². The largest absolute Gasteiger partial charge is 0.290 e. The van der Waals surface area contributed by atoms with E-state index in [1.807, 2.05) is 6.07 Å². The minimum atomic E-state index is -0.327. The Morgan fingerprint density at radius 1 is 1.16 bits per heavy atom. The average molecular weight is 332 g/mol. The van der Waals surface area contributed by atoms with Crippen LogP contribution in [0.1, 0.15) is 12.0 Å². The molecular weight excluding hydrogens is 325 g/mol. The molecule has 2 amide bonds. The lowest BCUT2D eigenvalue weighted by Crippen LogP contribution is -2.18. The van der Waals surface area contributed by atoms with Crippen LogP contribution in [-0.4, -0.2) is 16.9 Å². The number of rotatable bonds is 0. The topological polar surface area (TPSA) is 46.2 Å². The molecule has 0 aromatic heterocycles. The number of imide groups is 1. The van der Waals surface area contributed by atoms with Crippen molar-refractivity contribution in [2.75, 3.05) is 5.75 Å². The van der Waals surface area contributed by atoms with Crippen molar-refractivity contribution in [3.63, 3.8) is 0 Å². The van der Waals surface area contributed by atoms with E-state index in [1.54, 1.807) is 17.8 Å². The van der Waals surface area contributed by atoms with Crippen molar-refractivity contribution in [1.29, 1.82) is 0 Å². The molecular formula is C12H7Cl2NO2S2. The summed E-state index contributed by atoms with van der Waals surface area (Å²) in [6.45, 7) is 0. The number of thioether (sulfide) groups is 2. The molecule has 0 aliphatic carbocycles. The van der Waals surface area contributed by atoms with E-state index in [4.69, 9.17) is 23.2 Å². The van der Waals surface area contributed by atoms with Crippen LogP contribution < -0.4 is 5.32 Å². The SMILES string of the molecule is O=C1NC(=O)/C(=C2\CCSc3cc(Cl)c(Cl)cc32)S1. The third-order valence-electron chi connectivity index (χ3n) is 2.85. The van der Waals surface area contributed by atoms with Crippen LogP contribution in [0.15, 0.2) is 21.9 Å². The Balaban J connectivity index is 2.18. The summed E-state index contributed by atoms with van der Waals surface area (Å²) in [4.78, 5) is 24.5. The Labute approximate surface area is 128 Å². The van der Waals surface area contributed by atoms with Gasteiger partial charge in [0.05, 0.1) is 15.0 Å². The van der Waals surface area contributed by atoms with Crippen LogP contribution in [0.2, 0.25) is 10.0 Å². The van der Waals surface area contributed by atoms with Crippen LogP contribution in [0.25, 0.3) is 5.57 Å². The fraction of sp³-hybridized carbons (Fsp3) is 0.167. The molecule has 2 aliphatic heterocycles. The number of amides is 2. The Morgan fingerprint density at radius 2 is 1.89 bits per heavy atom. The summed E-state index contributed by atoms with van der Waals surface area (Å²) in [7, 11) is 0. The summed E-state index contributed by atoms with van der Waals surface area (Å²) >= 11 is 14.7. The molecule has 2 aliphatic rings. The van der Waals surface area contributed by atoms with Crippen LogP contribution in [0.3, 0.4) is 0 Å². The predicted molar refractivity (Wildman–Crippen MR) is 79.9 cm³/mol. The molecule has 3 nitrogen and oxygen atoms in total. The maximum absolute atomic E-state index is 11.8. The van der Waals surface area contributed by atoms with Gasteiger partial charge in [0, 0.05) is 10.6 Å². The van der Waals surface area contributed by atoms with Gasteiger partial charge in [0.15, 0.2) is 0 Å². The molecule has 0 spiro atoms. The van der Waals surface area contributed by atoms with Crippen molar-refractivity contribution in [3.8, 4) is 0 Å². The summed E-state index contributed by atoms with van der Waals surface area (Å²) in [5.41, 5.74) is 1.78. The van der Waals surface area contributed by atoms with Gasteiger partial charge in [-0.25, -0.2) is 0 Å². The molecule has 19 heavy (non-hydrogen) atoms. The van der Waals surface area contributed by atoms with Gasteiger partial charge in [0.25, 0.3) is 11.1 Å². The fourth-order valence-electron chi connectivity index (χ4n) is 2.03. The van der Waals surface area contributed by atoms with Crippen molar-refractivity contribution < 1.29 is 9.59 Å². The number of nitrogens with one attached hydrogen (secondary N) is 1. The Kier molecular flexibility index (Phi) is 3.55. The monoisotopic (exact) mass is 331 g/mol. The second-order valence-corrected chi connectivity index (χ2v) is 6.95. The first kappa shape index (κ1) is 13.4. The maximum atomic E-state index is 11.8. The number of fused-ring (bicyclic) bond motifs is 1. The number of allylic oxidation sites excluding steroid dienone is 1. The van der Waals surface area contributed by atoms with Crippen molar-refractivity contribution in [2.45, 2.75) is 11.3 Å². The van der Waals surface area contributed by atoms with Crippen LogP contribution in [0.5, 0.6) is 0 Å². The highest BCUT2D eigenvalue weighted by Crippen LogP contribution is 2.44. The van der Waals surface area contributed by atoms with E-state index in [0.29, 0.717) is 15.0 Å². The van der Waals surface area contributed by atoms with E-state index < -0.39 is 0 Å². The van der Waals surface area contributed by atoms with Gasteiger partial charge >= 0.3 is 0 Å². The lowest BCUT2D eigenvalue weighted by atomic mass is 10.0. The fourth-order valence-corrected chi connectivity index (χ4v) is 4.30. The molecule has 3 rings (SSSR count). The molecule has 0 bridgehead atoms. The minimum Gasteiger partial charge on any atom is -0.282 e. The molecule has 0 unspecified atom stereocenters. The van der Waals surface area contributed by atoms with Crippen LogP contribution >= 0.6 is 46.7 Å². The van der Waals surface area contributed by atoms with E-state index in [9.17, 15) is 9.59 Å². The molecule has 1 N–H and O–H groups in total. The average Bonchev–Trinajstić information content (AvgIpc) is 2.69. The highest BCUT2D eigenvalue weighted by atomic mass is 35.5. The van der Waals surface area contributed by atoms with Gasteiger partial charge in [-0.05, 0) is 41.5 Å². The lowest BCUT2D eigenvalue weighted by Gasteiger charge is -2.20. The standard InChI is InChI=1S/C12H7Cl2NO2S2/c13-7-3-6-5(10-11(16)15-12(17)19-10)1-2-18-9(6)4-8(7)14/h3-4H,1-2H2,(H,15,16,17)/b10-5-. The summed E-state index contributed by atoms with van der Waals surface area (Å²) in [6.07, 6.45) is 0.735. The number of carbonyl (C=O) groups is 2. The smallest absolute Gasteiger partial charge is 0.282 e. The third kappa shape index (κ3) is 2.40. The van der Waals surface area contributed by atoms with Crippen LogP contribution in [0.4, 0.5) is 4.79 Å². The van der Waals surface area contributed by atoms with Gasteiger partial charge in [-0.2, -0.15) is 0 Å². The van der Waals surface area contributed by atoms with E-state index in [1.165, 1.54) is 0 Å². The quantitative estimate of drug-likeness (QED) is 0.724. The molecule has 0 saturated carbocycles. The number of hydrogen-bond donors (Lipinski definition) is 1. The van der Waals surface area contributed by atoms with Crippen molar-refractivity contribution in [2.24, 2.45) is 0 Å². The Hall–Kier alpha value is -0.620. The first-order valence-electron chi connectivity index (χ1n) is 5.45. The molecule has 1 saturated heterocycles. The van der Waals surface area contributed by atoms with Gasteiger partial charge in [0.1, 0.15) is 0 Å². The molecule has 1 aromatic carbocycles. The third-order valence-corrected chi connectivity index (χ3v) is 5.55. The van der Waals surface area contributed by atoms with E-state index in [-0.39, 0.29) is 11.1 Å². The van der Waals surface area contributed by atoms with Crippen LogP contribution in [-0.2, 0) is 4.79 Å². The van der Waals surface area contributed by atoms with Gasteiger partial charge in [-0.3, -0.25) is 14.9 Å². The van der Waals surface area contributed by atoms with E-state index in [0.717, 1.165) is 40.0 Å². The lowest BCUT2D eigenvalue weighted by molar-refractivity contribution is -0.115. The van der Waals surface area contributed by atoms with Gasteiger partial charge in [0.2, 0.25) is 0 Å². The molecule has 98 valence electrons. The van der Waals surface area contributed by atoms with Crippen molar-refractivity contribution in [3.05, 3.63) is 32.6 Å². The molecule has 7 heteroatoms. The molecule has 1 fully saturated rings. The normalized spacial score (nSPS) is 22.4.